The summed E-state index contributed by atoms with van der Waals surface area (Å²) in [5.74, 6) is -9.06. The van der Waals surface area contributed by atoms with Gasteiger partial charge in [0.1, 0.15) is 30.3 Å². The Hall–Kier alpha value is -4.20. The molecule has 3 heterocycles. The second-order valence-corrected chi connectivity index (χ2v) is 21.1. The number of ketones is 1. The summed E-state index contributed by atoms with van der Waals surface area (Å²) >= 11 is 0. The van der Waals surface area contributed by atoms with E-state index in [1.807, 2.05) is 0 Å². The number of imidazole rings is 1. The second kappa shape index (κ2) is 24.7. The highest BCUT2D eigenvalue weighted by Gasteiger charge is 2.44. The summed E-state index contributed by atoms with van der Waals surface area (Å²) < 4.78 is 58.6. The number of ether oxygens (including phenoxy) is 2. The molecule has 1 aromatic heterocycles. The number of carbonyl (C=O) groups excluding carboxylic acids is 5. The molecule has 1 saturated heterocycles. The van der Waals surface area contributed by atoms with E-state index in [1.165, 1.54) is 26.2 Å². The number of anilines is 1. The van der Waals surface area contributed by atoms with Crippen LogP contribution in [0.5, 0.6) is 0 Å². The van der Waals surface area contributed by atoms with Gasteiger partial charge in [-0.1, -0.05) is 21.6 Å². The van der Waals surface area contributed by atoms with E-state index >= 15 is 0 Å². The number of aliphatic hydroxyl groups is 1. The third-order valence-corrected chi connectivity index (χ3v) is 15.0. The number of amides is 4. The lowest BCUT2D eigenvalue weighted by Crippen LogP contribution is -2.56. The van der Waals surface area contributed by atoms with Crippen molar-refractivity contribution in [1.29, 1.82) is 0 Å². The zero-order valence-electron chi connectivity index (χ0n) is 34.2. The molecule has 1 aromatic rings. The molecule has 10 atom stereocenters. The lowest BCUT2D eigenvalue weighted by molar-refractivity contribution is -0.150. The van der Waals surface area contributed by atoms with E-state index in [9.17, 15) is 77.2 Å². The van der Waals surface area contributed by atoms with Crippen LogP contribution in [0.3, 0.4) is 0 Å². The number of carboxylic acid groups (broad SMARTS) is 3. The number of aliphatic carboxylic acids is 3. The van der Waals surface area contributed by atoms with Gasteiger partial charge in [0.2, 0.25) is 11.8 Å². The van der Waals surface area contributed by atoms with Crippen molar-refractivity contribution in [2.45, 2.75) is 95.3 Å². The normalized spacial score (nSPS) is 21.8. The van der Waals surface area contributed by atoms with Crippen LogP contribution in [0.2, 0.25) is 0 Å². The molecule has 0 bridgehead atoms. The number of hydrogen-bond acceptors (Lipinski definition) is 21. The lowest BCUT2D eigenvalue weighted by atomic mass is 9.94. The van der Waals surface area contributed by atoms with Gasteiger partial charge < -0.3 is 70.7 Å². The molecule has 13 N–H and O–H groups in total. The fourth-order valence-electron chi connectivity index (χ4n) is 5.81. The average Bonchev–Trinajstić information content (AvgIpc) is 3.75. The predicted molar refractivity (Wildman–Crippen MR) is 219 cm³/mol. The summed E-state index contributed by atoms with van der Waals surface area (Å²) in [6.45, 7) is 1.72. The highest BCUT2D eigenvalue weighted by molar-refractivity contribution is 8.76. The molecule has 31 nitrogen and oxygen atoms in total. The highest BCUT2D eigenvalue weighted by Crippen LogP contribution is 2.66. The number of fused-ring (bicyclic) bond motifs is 1. The SMILES string of the molecule is CC(=O)NC(CCCSSCC(C)OC(=O)NC1NC(=O)c2ncn(C3CC(O)C(COP(=O)(O)OP(=O)(O)OP(=O)(O)O)O3)c2N1)C(=O)NC(CC(=O)O)C(=O)CC(CC(=O)O)C(=O)O. The summed E-state index contributed by atoms with van der Waals surface area (Å²) in [6, 6.07) is -2.95. The first-order valence-electron chi connectivity index (χ1n) is 18.8. The Bertz CT molecular complexity index is 2130. The molecule has 66 heavy (non-hydrogen) atoms. The number of aliphatic hydroxyl groups excluding tert-OH is 1. The van der Waals surface area contributed by atoms with Gasteiger partial charge in [-0.2, -0.15) is 8.62 Å². The smallest absolute Gasteiger partial charge is 0.481 e. The molecule has 2 aliphatic rings. The molecule has 0 radical (unpaired) electrons. The zero-order valence-corrected chi connectivity index (χ0v) is 38.5. The van der Waals surface area contributed by atoms with E-state index in [-0.39, 0.29) is 30.1 Å². The summed E-state index contributed by atoms with van der Waals surface area (Å²) in [6.07, 6.45) is -8.43. The van der Waals surface area contributed by atoms with Crippen LogP contribution in [0.15, 0.2) is 6.33 Å². The quantitative estimate of drug-likeness (QED) is 0.0277. The number of phosphoric acid groups is 3. The van der Waals surface area contributed by atoms with Crippen LogP contribution in [0.4, 0.5) is 10.6 Å². The molecule has 0 saturated carbocycles. The van der Waals surface area contributed by atoms with Crippen molar-refractivity contribution in [3.8, 4) is 0 Å². The van der Waals surface area contributed by atoms with Gasteiger partial charge in [-0.05, 0) is 19.8 Å². The van der Waals surface area contributed by atoms with Crippen molar-refractivity contribution >= 4 is 98.4 Å². The van der Waals surface area contributed by atoms with Crippen molar-refractivity contribution in [3.63, 3.8) is 0 Å². The van der Waals surface area contributed by atoms with Gasteiger partial charge in [-0.15, -0.1) is 0 Å². The Balaban J connectivity index is 1.46. The third-order valence-electron chi connectivity index (χ3n) is 8.57. The average molecular weight is 1050 g/mol. The van der Waals surface area contributed by atoms with Gasteiger partial charge in [0.05, 0.1) is 43.8 Å². The van der Waals surface area contributed by atoms with Crippen molar-refractivity contribution in [2.24, 2.45) is 5.92 Å². The van der Waals surface area contributed by atoms with Crippen LogP contribution >= 0.6 is 45.1 Å². The van der Waals surface area contributed by atoms with Crippen LogP contribution < -0.4 is 26.6 Å². The summed E-state index contributed by atoms with van der Waals surface area (Å²) in [7, 11) is -14.4. The molecule has 4 amide bonds. The highest BCUT2D eigenvalue weighted by atomic mass is 33.1. The summed E-state index contributed by atoms with van der Waals surface area (Å²) in [4.78, 5) is 137. The monoisotopic (exact) mass is 1050 g/mol. The Kier molecular flexibility index (Phi) is 21.0. The minimum Gasteiger partial charge on any atom is -0.481 e. The standard InChI is InChI=1S/C30H46N7O24P3S2/c1-13(11-66-65-5-3-4-16(32-14(2)38)26(45)33-17(8-23(43)44)18(39)6-15(28(47)48)7-22(41)42)58-30(49)36-29-34-25-24(27(46)35-29)31-12-37(25)21-9-19(40)20(59-21)10-57-63(53,54)61-64(55,56)60-62(50,51)52/h12-13,15-17,19-21,29,34,40H,3-11H2,1-2H3,(H,32,38)(H,33,45)(H,35,46)(H,36,49)(H,41,42)(H,43,44)(H,47,48)(H,53,54)(H,55,56)(H2,50,51,52). The number of carbonyl (C=O) groups is 8. The molecule has 10 unspecified atom stereocenters. The largest absolute Gasteiger partial charge is 0.490 e. The molecule has 0 spiro atoms. The fourth-order valence-corrected chi connectivity index (χ4v) is 11.2. The van der Waals surface area contributed by atoms with E-state index in [1.54, 1.807) is 6.92 Å². The molecule has 3 rings (SSSR count). The van der Waals surface area contributed by atoms with E-state index in [0.717, 1.165) is 13.3 Å². The second-order valence-electron chi connectivity index (χ2n) is 14.0. The van der Waals surface area contributed by atoms with Crippen LogP contribution in [0, 0.1) is 5.92 Å². The topological polar surface area (TPSA) is 474 Å². The molecule has 372 valence electrons. The molecule has 36 heteroatoms. The number of aromatic nitrogens is 2. The maximum atomic E-state index is 13.1. The van der Waals surface area contributed by atoms with Crippen LogP contribution in [-0.4, -0.2) is 152 Å². The Morgan fingerprint density at radius 1 is 0.939 bits per heavy atom. The summed E-state index contributed by atoms with van der Waals surface area (Å²) in [5.41, 5.74) is -0.167. The van der Waals surface area contributed by atoms with Crippen LogP contribution in [0.1, 0.15) is 69.1 Å². The number of rotatable bonds is 28. The molecular weight excluding hydrogens is 999 g/mol. The van der Waals surface area contributed by atoms with E-state index < -0.39 is 146 Å². The number of nitrogens with one attached hydrogen (secondary N) is 5. The number of nitrogens with zero attached hydrogens (tertiary/aromatic N) is 2. The summed E-state index contributed by atoms with van der Waals surface area (Å²) in [5, 5.41) is 50.2. The van der Waals surface area contributed by atoms with Crippen LogP contribution in [-0.2, 0) is 65.1 Å². The van der Waals surface area contributed by atoms with Gasteiger partial charge in [-0.3, -0.25) is 48.0 Å². The van der Waals surface area contributed by atoms with Gasteiger partial charge in [-0.25, -0.2) is 23.5 Å². The maximum Gasteiger partial charge on any atom is 0.490 e. The predicted octanol–water partition coefficient (Wildman–Crippen LogP) is -0.811. The number of hydrogen-bond donors (Lipinski definition) is 13. The first kappa shape index (κ1) is 56.1. The Morgan fingerprint density at radius 2 is 1.61 bits per heavy atom. The van der Waals surface area contributed by atoms with Crippen molar-refractivity contribution in [2.75, 3.05) is 23.4 Å². The molecule has 2 aliphatic heterocycles. The fraction of sp³-hybridized carbons (Fsp3) is 0.633. The van der Waals surface area contributed by atoms with Gasteiger partial charge in [0.15, 0.2) is 17.8 Å². The zero-order chi connectivity index (χ0) is 49.7. The lowest BCUT2D eigenvalue weighted by Gasteiger charge is -2.28. The Morgan fingerprint density at radius 3 is 2.21 bits per heavy atom. The van der Waals surface area contributed by atoms with Crippen molar-refractivity contribution in [3.05, 3.63) is 12.0 Å². The maximum absolute atomic E-state index is 13.1. The van der Waals surface area contributed by atoms with Gasteiger partial charge >= 0.3 is 47.5 Å². The molecular formula is C30H46N7O24P3S2. The number of Topliss-reactive ketones (excluding diaryl/α,β-unsaturated/α-hetero) is 1. The van der Waals surface area contributed by atoms with Gasteiger partial charge in [0.25, 0.3) is 5.91 Å². The number of phosphoric ester groups is 1. The minimum atomic E-state index is -5.80. The third kappa shape index (κ3) is 19.2. The Labute approximate surface area is 379 Å². The molecule has 0 aromatic carbocycles. The number of carboxylic acids is 3. The van der Waals surface area contributed by atoms with Crippen LogP contribution in [0.25, 0.3) is 0 Å². The molecule has 0 aliphatic carbocycles. The van der Waals surface area contributed by atoms with E-state index in [0.29, 0.717) is 12.2 Å². The van der Waals surface area contributed by atoms with Crippen molar-refractivity contribution < 1.29 is 115 Å². The van der Waals surface area contributed by atoms with E-state index in [4.69, 9.17) is 24.4 Å². The van der Waals surface area contributed by atoms with Crippen molar-refractivity contribution in [1.82, 2.24) is 30.8 Å². The van der Waals surface area contributed by atoms with Gasteiger partial charge in [0, 0.05) is 31.3 Å². The first-order valence-corrected chi connectivity index (χ1v) is 25.8. The molecule has 1 fully saturated rings. The van der Waals surface area contributed by atoms with E-state index in [2.05, 4.69) is 44.7 Å². The number of alkyl carbamates (subject to hydrolysis) is 1. The minimum absolute atomic E-state index is 0.0107. The first-order chi connectivity index (χ1) is 30.5.